The number of anilines is 1. The number of nitrogens with zero attached hydrogens (tertiary/aromatic N) is 2. The molecule has 0 saturated heterocycles. The minimum Gasteiger partial charge on any atom is -0.497 e. The molecule has 1 aliphatic rings. The Bertz CT molecular complexity index is 491. The maximum absolute atomic E-state index is 9.26. The van der Waals surface area contributed by atoms with Crippen LogP contribution in [0.25, 0.3) is 0 Å². The van der Waals surface area contributed by atoms with Crippen molar-refractivity contribution in [3.05, 3.63) is 29.3 Å². The van der Waals surface area contributed by atoms with Gasteiger partial charge in [-0.15, -0.1) is 0 Å². The second-order valence-corrected chi connectivity index (χ2v) is 4.66. The van der Waals surface area contributed by atoms with Gasteiger partial charge in [0, 0.05) is 10.6 Å². The van der Waals surface area contributed by atoms with E-state index in [0.29, 0.717) is 0 Å². The lowest BCUT2D eigenvalue weighted by atomic mass is 10.2. The SMILES string of the molecule is CCCC1=CSc2cc(OC)ccc2N1C#N. The molecule has 2 rings (SSSR count). The Balaban J connectivity index is 2.38. The summed E-state index contributed by atoms with van der Waals surface area (Å²) in [5.41, 5.74) is 2.02. The van der Waals surface area contributed by atoms with E-state index in [2.05, 4.69) is 18.5 Å². The number of hydrogen-bond donors (Lipinski definition) is 0. The van der Waals surface area contributed by atoms with E-state index in [9.17, 15) is 5.26 Å². The van der Waals surface area contributed by atoms with Gasteiger partial charge in [-0.3, -0.25) is 4.90 Å². The molecule has 0 radical (unpaired) electrons. The molecule has 0 aromatic heterocycles. The first-order valence-electron chi connectivity index (χ1n) is 5.53. The Morgan fingerprint density at radius 1 is 1.47 bits per heavy atom. The maximum atomic E-state index is 9.26. The largest absolute Gasteiger partial charge is 0.497 e. The predicted octanol–water partition coefficient (Wildman–Crippen LogP) is 3.73. The first kappa shape index (κ1) is 11.9. The maximum Gasteiger partial charge on any atom is 0.189 e. The monoisotopic (exact) mass is 246 g/mol. The Morgan fingerprint density at radius 2 is 2.29 bits per heavy atom. The van der Waals surface area contributed by atoms with E-state index in [4.69, 9.17) is 4.74 Å². The van der Waals surface area contributed by atoms with Crippen LogP contribution in [0.2, 0.25) is 0 Å². The van der Waals surface area contributed by atoms with Crippen LogP contribution in [0.1, 0.15) is 19.8 Å². The lowest BCUT2D eigenvalue weighted by molar-refractivity contribution is 0.413. The van der Waals surface area contributed by atoms with Crippen molar-refractivity contribution >= 4 is 17.4 Å². The number of fused-ring (bicyclic) bond motifs is 1. The number of hydrogen-bond acceptors (Lipinski definition) is 4. The summed E-state index contributed by atoms with van der Waals surface area (Å²) in [6.07, 6.45) is 4.20. The molecule has 0 bridgehead atoms. The molecular formula is C13H14N2OS. The van der Waals surface area contributed by atoms with Gasteiger partial charge in [-0.1, -0.05) is 25.1 Å². The van der Waals surface area contributed by atoms with Crippen LogP contribution in [-0.4, -0.2) is 7.11 Å². The van der Waals surface area contributed by atoms with Gasteiger partial charge >= 0.3 is 0 Å². The number of nitriles is 1. The van der Waals surface area contributed by atoms with E-state index < -0.39 is 0 Å². The van der Waals surface area contributed by atoms with Crippen molar-refractivity contribution in [3.8, 4) is 11.9 Å². The third kappa shape index (κ3) is 2.25. The second kappa shape index (κ2) is 5.15. The van der Waals surface area contributed by atoms with Crippen molar-refractivity contribution in [3.63, 3.8) is 0 Å². The molecule has 1 aliphatic heterocycles. The predicted molar refractivity (Wildman–Crippen MR) is 69.9 cm³/mol. The van der Waals surface area contributed by atoms with Crippen LogP contribution in [0.3, 0.4) is 0 Å². The first-order valence-corrected chi connectivity index (χ1v) is 6.41. The molecule has 3 nitrogen and oxygen atoms in total. The Morgan fingerprint density at radius 3 is 2.94 bits per heavy atom. The molecule has 17 heavy (non-hydrogen) atoms. The minimum atomic E-state index is 0.821. The molecule has 0 spiro atoms. The topological polar surface area (TPSA) is 36.3 Å². The fraction of sp³-hybridized carbons (Fsp3) is 0.308. The normalized spacial score (nSPS) is 13.7. The summed E-state index contributed by atoms with van der Waals surface area (Å²) >= 11 is 1.65. The number of benzene rings is 1. The standard InChI is InChI=1S/C13H14N2OS/c1-3-4-10-8-17-13-7-11(16-2)5-6-12(13)15(10)9-14/h5-8H,3-4H2,1-2H3. The quantitative estimate of drug-likeness (QED) is 0.761. The highest BCUT2D eigenvalue weighted by molar-refractivity contribution is 8.02. The molecule has 1 aromatic carbocycles. The second-order valence-electron chi connectivity index (χ2n) is 3.75. The molecule has 0 atom stereocenters. The zero-order valence-electron chi connectivity index (χ0n) is 9.93. The lowest BCUT2D eigenvalue weighted by Gasteiger charge is -2.25. The van der Waals surface area contributed by atoms with Gasteiger partial charge in [-0.2, -0.15) is 5.26 Å². The Kier molecular flexibility index (Phi) is 3.60. The number of methoxy groups -OCH3 is 1. The van der Waals surface area contributed by atoms with Gasteiger partial charge in [-0.05, 0) is 30.0 Å². The van der Waals surface area contributed by atoms with Gasteiger partial charge in [0.05, 0.1) is 12.8 Å². The number of ether oxygens (including phenoxy) is 1. The highest BCUT2D eigenvalue weighted by Gasteiger charge is 2.20. The molecule has 4 heteroatoms. The smallest absolute Gasteiger partial charge is 0.189 e. The van der Waals surface area contributed by atoms with Crippen LogP contribution in [0.4, 0.5) is 5.69 Å². The van der Waals surface area contributed by atoms with Crippen molar-refractivity contribution in [2.45, 2.75) is 24.7 Å². The molecule has 1 aromatic rings. The summed E-state index contributed by atoms with van der Waals surface area (Å²) in [4.78, 5) is 2.76. The summed E-state index contributed by atoms with van der Waals surface area (Å²) < 4.78 is 5.19. The molecule has 0 aliphatic carbocycles. The van der Waals surface area contributed by atoms with Crippen LogP contribution in [0, 0.1) is 11.5 Å². The molecule has 0 N–H and O–H groups in total. The fourth-order valence-electron chi connectivity index (χ4n) is 1.78. The van der Waals surface area contributed by atoms with Crippen LogP contribution < -0.4 is 9.64 Å². The summed E-state index contributed by atoms with van der Waals surface area (Å²) in [7, 11) is 1.65. The molecule has 0 fully saturated rings. The summed E-state index contributed by atoms with van der Waals surface area (Å²) in [5, 5.41) is 11.3. The molecular weight excluding hydrogens is 232 g/mol. The molecule has 0 saturated carbocycles. The molecule has 88 valence electrons. The van der Waals surface area contributed by atoms with Crippen molar-refractivity contribution in [2.75, 3.05) is 12.0 Å². The Hall–Kier alpha value is -1.60. The average molecular weight is 246 g/mol. The van der Waals surface area contributed by atoms with Crippen LogP contribution in [0.5, 0.6) is 5.75 Å². The van der Waals surface area contributed by atoms with E-state index >= 15 is 0 Å². The van der Waals surface area contributed by atoms with Crippen LogP contribution >= 0.6 is 11.8 Å². The Labute approximate surface area is 106 Å². The van der Waals surface area contributed by atoms with Crippen molar-refractivity contribution in [1.29, 1.82) is 5.26 Å². The van der Waals surface area contributed by atoms with Gasteiger partial charge in [-0.25, -0.2) is 0 Å². The highest BCUT2D eigenvalue weighted by Crippen LogP contribution is 2.41. The third-order valence-electron chi connectivity index (χ3n) is 2.62. The van der Waals surface area contributed by atoms with E-state index in [1.165, 1.54) is 0 Å². The van der Waals surface area contributed by atoms with Crippen molar-refractivity contribution in [1.82, 2.24) is 0 Å². The summed E-state index contributed by atoms with van der Waals surface area (Å²) in [6.45, 7) is 2.12. The lowest BCUT2D eigenvalue weighted by Crippen LogP contribution is -2.18. The fourth-order valence-corrected chi connectivity index (χ4v) is 2.73. The average Bonchev–Trinajstić information content (AvgIpc) is 2.38. The van der Waals surface area contributed by atoms with Crippen molar-refractivity contribution < 1.29 is 4.74 Å². The van der Waals surface area contributed by atoms with E-state index in [0.717, 1.165) is 34.9 Å². The zero-order chi connectivity index (χ0) is 12.3. The molecule has 0 amide bonds. The van der Waals surface area contributed by atoms with Crippen LogP contribution in [0.15, 0.2) is 34.2 Å². The van der Waals surface area contributed by atoms with Gasteiger partial charge in [0.25, 0.3) is 0 Å². The van der Waals surface area contributed by atoms with Gasteiger partial charge < -0.3 is 4.74 Å². The van der Waals surface area contributed by atoms with Crippen LogP contribution in [-0.2, 0) is 0 Å². The van der Waals surface area contributed by atoms with E-state index in [-0.39, 0.29) is 0 Å². The zero-order valence-corrected chi connectivity index (χ0v) is 10.8. The number of allylic oxidation sites excluding steroid dienone is 1. The molecule has 1 heterocycles. The first-order chi connectivity index (χ1) is 8.30. The van der Waals surface area contributed by atoms with E-state index in [1.807, 2.05) is 18.2 Å². The van der Waals surface area contributed by atoms with Crippen molar-refractivity contribution in [2.24, 2.45) is 0 Å². The molecule has 0 unspecified atom stereocenters. The highest BCUT2D eigenvalue weighted by atomic mass is 32.2. The summed E-state index contributed by atoms with van der Waals surface area (Å²) in [6, 6.07) is 5.79. The van der Waals surface area contributed by atoms with Gasteiger partial charge in [0.2, 0.25) is 0 Å². The third-order valence-corrected chi connectivity index (χ3v) is 3.59. The summed E-state index contributed by atoms with van der Waals surface area (Å²) in [5.74, 6) is 0.821. The van der Waals surface area contributed by atoms with Gasteiger partial charge in [0.15, 0.2) is 6.19 Å². The number of rotatable bonds is 3. The van der Waals surface area contributed by atoms with Gasteiger partial charge in [0.1, 0.15) is 5.75 Å². The minimum absolute atomic E-state index is 0.821. The number of thioether (sulfide) groups is 1. The van der Waals surface area contributed by atoms with E-state index in [1.54, 1.807) is 23.8 Å².